The summed E-state index contributed by atoms with van der Waals surface area (Å²) in [4.78, 5) is 6.23. The smallest absolute Gasteiger partial charge is 0.0820 e. The molecule has 0 aliphatic carbocycles. The number of hydrogen-bond acceptors (Lipinski definition) is 3. The van der Waals surface area contributed by atoms with Gasteiger partial charge in [0, 0.05) is 25.0 Å². The Bertz CT molecular complexity index is 339. The molecule has 0 spiro atoms. The van der Waals surface area contributed by atoms with Crippen LogP contribution in [-0.2, 0) is 0 Å². The topological polar surface area (TPSA) is 28.2 Å². The SMILES string of the molecule is CC(C)CC(CNc1ccncc1Cl)N(C)C. The summed E-state index contributed by atoms with van der Waals surface area (Å²) >= 11 is 6.05. The molecule has 0 radical (unpaired) electrons. The number of aromatic nitrogens is 1. The lowest BCUT2D eigenvalue weighted by Crippen LogP contribution is -2.35. The lowest BCUT2D eigenvalue weighted by molar-refractivity contribution is 0.266. The number of likely N-dealkylation sites (N-methyl/N-ethyl adjacent to an activating group) is 1. The highest BCUT2D eigenvalue weighted by atomic mass is 35.5. The van der Waals surface area contributed by atoms with Crippen LogP contribution < -0.4 is 5.32 Å². The summed E-state index contributed by atoms with van der Waals surface area (Å²) in [6.07, 6.45) is 4.58. The van der Waals surface area contributed by atoms with Gasteiger partial charge in [-0.1, -0.05) is 25.4 Å². The number of nitrogens with zero attached hydrogens (tertiary/aromatic N) is 2. The molecular weight excluding hydrogens is 234 g/mol. The van der Waals surface area contributed by atoms with Crippen molar-refractivity contribution in [3.63, 3.8) is 0 Å². The predicted molar refractivity (Wildman–Crippen MR) is 74.7 cm³/mol. The summed E-state index contributed by atoms with van der Waals surface area (Å²) in [6, 6.07) is 2.42. The zero-order valence-electron chi connectivity index (χ0n) is 11.1. The van der Waals surface area contributed by atoms with Crippen LogP contribution >= 0.6 is 11.6 Å². The minimum atomic E-state index is 0.513. The number of pyridine rings is 1. The van der Waals surface area contributed by atoms with E-state index in [-0.39, 0.29) is 0 Å². The summed E-state index contributed by atoms with van der Waals surface area (Å²) in [7, 11) is 4.23. The van der Waals surface area contributed by atoms with Gasteiger partial charge in [0.05, 0.1) is 10.7 Å². The molecule has 0 aromatic carbocycles. The highest BCUT2D eigenvalue weighted by Gasteiger charge is 2.13. The second kappa shape index (κ2) is 6.82. The molecule has 0 aliphatic rings. The summed E-state index contributed by atoms with van der Waals surface area (Å²) in [5.74, 6) is 0.692. The summed E-state index contributed by atoms with van der Waals surface area (Å²) in [6.45, 7) is 5.39. The summed E-state index contributed by atoms with van der Waals surface area (Å²) < 4.78 is 0. The Hall–Kier alpha value is -0.800. The molecule has 1 aromatic rings. The van der Waals surface area contributed by atoms with Gasteiger partial charge in [-0.05, 0) is 32.5 Å². The molecular formula is C13H22ClN3. The van der Waals surface area contributed by atoms with Crippen LogP contribution in [0.5, 0.6) is 0 Å². The van der Waals surface area contributed by atoms with Crippen LogP contribution in [0.2, 0.25) is 5.02 Å². The normalized spacial score (nSPS) is 13.1. The van der Waals surface area contributed by atoms with E-state index in [1.807, 2.05) is 6.07 Å². The van der Waals surface area contributed by atoms with Gasteiger partial charge in [-0.3, -0.25) is 4.98 Å². The van der Waals surface area contributed by atoms with Crippen LogP contribution in [0.15, 0.2) is 18.5 Å². The Morgan fingerprint density at radius 2 is 2.12 bits per heavy atom. The Labute approximate surface area is 109 Å². The van der Waals surface area contributed by atoms with Crippen molar-refractivity contribution in [2.24, 2.45) is 5.92 Å². The highest BCUT2D eigenvalue weighted by Crippen LogP contribution is 2.19. The second-order valence-corrected chi connectivity index (χ2v) is 5.39. The Morgan fingerprint density at radius 1 is 1.41 bits per heavy atom. The van der Waals surface area contributed by atoms with Crippen LogP contribution in [0.3, 0.4) is 0 Å². The second-order valence-electron chi connectivity index (χ2n) is 4.98. The minimum Gasteiger partial charge on any atom is -0.382 e. The van der Waals surface area contributed by atoms with Crippen molar-refractivity contribution in [2.75, 3.05) is 26.0 Å². The first-order valence-electron chi connectivity index (χ1n) is 6.00. The van der Waals surface area contributed by atoms with Gasteiger partial charge in [0.15, 0.2) is 0 Å². The van der Waals surface area contributed by atoms with Crippen molar-refractivity contribution < 1.29 is 0 Å². The molecule has 0 bridgehead atoms. The van der Waals surface area contributed by atoms with E-state index in [1.165, 1.54) is 6.42 Å². The van der Waals surface area contributed by atoms with Crippen molar-refractivity contribution in [3.05, 3.63) is 23.5 Å². The lowest BCUT2D eigenvalue weighted by atomic mass is 10.0. The third-order valence-electron chi connectivity index (χ3n) is 2.77. The Kier molecular flexibility index (Phi) is 5.72. The van der Waals surface area contributed by atoms with Gasteiger partial charge in [0.2, 0.25) is 0 Å². The van der Waals surface area contributed by atoms with E-state index < -0.39 is 0 Å². The monoisotopic (exact) mass is 255 g/mol. The van der Waals surface area contributed by atoms with Gasteiger partial charge in [0.25, 0.3) is 0 Å². The number of rotatable bonds is 6. The maximum Gasteiger partial charge on any atom is 0.0820 e. The van der Waals surface area contributed by atoms with E-state index in [0.29, 0.717) is 17.0 Å². The molecule has 0 aliphatic heterocycles. The van der Waals surface area contributed by atoms with Crippen molar-refractivity contribution in [3.8, 4) is 0 Å². The number of nitrogens with one attached hydrogen (secondary N) is 1. The van der Waals surface area contributed by atoms with Crippen molar-refractivity contribution >= 4 is 17.3 Å². The van der Waals surface area contributed by atoms with Crippen LogP contribution in [0, 0.1) is 5.92 Å². The van der Waals surface area contributed by atoms with E-state index in [4.69, 9.17) is 11.6 Å². The molecule has 1 rings (SSSR count). The molecule has 1 N–H and O–H groups in total. The van der Waals surface area contributed by atoms with Crippen molar-refractivity contribution in [1.82, 2.24) is 9.88 Å². The van der Waals surface area contributed by atoms with E-state index in [1.54, 1.807) is 12.4 Å². The molecule has 17 heavy (non-hydrogen) atoms. The molecule has 0 amide bonds. The van der Waals surface area contributed by atoms with Gasteiger partial charge >= 0.3 is 0 Å². The molecule has 1 aromatic heterocycles. The van der Waals surface area contributed by atoms with E-state index in [2.05, 4.69) is 43.1 Å². The van der Waals surface area contributed by atoms with Gasteiger partial charge in [-0.2, -0.15) is 0 Å². The first-order valence-corrected chi connectivity index (χ1v) is 6.38. The summed E-state index contributed by atoms with van der Waals surface area (Å²) in [5.41, 5.74) is 0.956. The fourth-order valence-electron chi connectivity index (χ4n) is 1.77. The molecule has 0 saturated carbocycles. The maximum atomic E-state index is 6.05. The average Bonchev–Trinajstić information content (AvgIpc) is 2.25. The molecule has 0 saturated heterocycles. The van der Waals surface area contributed by atoms with Crippen LogP contribution in [0.4, 0.5) is 5.69 Å². The van der Waals surface area contributed by atoms with Crippen molar-refractivity contribution in [2.45, 2.75) is 26.3 Å². The fraction of sp³-hybridized carbons (Fsp3) is 0.615. The standard InChI is InChI=1S/C13H22ClN3/c1-10(2)7-11(17(3)4)8-16-13-5-6-15-9-12(13)14/h5-6,9-11H,7-8H2,1-4H3,(H,15,16). The zero-order valence-corrected chi connectivity index (χ0v) is 11.8. The molecule has 3 nitrogen and oxygen atoms in total. The van der Waals surface area contributed by atoms with Gasteiger partial charge in [-0.25, -0.2) is 0 Å². The molecule has 1 atom stereocenters. The lowest BCUT2D eigenvalue weighted by Gasteiger charge is -2.26. The number of anilines is 1. The quantitative estimate of drug-likeness (QED) is 0.847. The van der Waals surface area contributed by atoms with Crippen LogP contribution in [0.1, 0.15) is 20.3 Å². The molecule has 1 heterocycles. The van der Waals surface area contributed by atoms with Gasteiger partial charge in [-0.15, -0.1) is 0 Å². The Morgan fingerprint density at radius 3 is 2.65 bits per heavy atom. The minimum absolute atomic E-state index is 0.513. The molecule has 0 fully saturated rings. The van der Waals surface area contributed by atoms with Crippen LogP contribution in [0.25, 0.3) is 0 Å². The number of halogens is 1. The van der Waals surface area contributed by atoms with E-state index in [9.17, 15) is 0 Å². The highest BCUT2D eigenvalue weighted by molar-refractivity contribution is 6.33. The largest absolute Gasteiger partial charge is 0.382 e. The average molecular weight is 256 g/mol. The summed E-state index contributed by atoms with van der Waals surface area (Å²) in [5, 5.41) is 4.06. The van der Waals surface area contributed by atoms with Crippen LogP contribution in [-0.4, -0.2) is 36.6 Å². The van der Waals surface area contributed by atoms with Gasteiger partial charge < -0.3 is 10.2 Å². The third-order valence-corrected chi connectivity index (χ3v) is 3.08. The fourth-order valence-corrected chi connectivity index (χ4v) is 1.95. The third kappa shape index (κ3) is 4.92. The maximum absolute atomic E-state index is 6.05. The zero-order chi connectivity index (χ0) is 12.8. The van der Waals surface area contributed by atoms with E-state index in [0.717, 1.165) is 12.2 Å². The molecule has 1 unspecified atom stereocenters. The molecule has 96 valence electrons. The van der Waals surface area contributed by atoms with E-state index >= 15 is 0 Å². The number of hydrogen-bond donors (Lipinski definition) is 1. The predicted octanol–water partition coefficient (Wildman–Crippen LogP) is 3.12. The van der Waals surface area contributed by atoms with Gasteiger partial charge in [0.1, 0.15) is 0 Å². The first kappa shape index (κ1) is 14.3. The molecule has 4 heteroatoms. The first-order chi connectivity index (χ1) is 8.00. The van der Waals surface area contributed by atoms with Crippen molar-refractivity contribution in [1.29, 1.82) is 0 Å². The Balaban J connectivity index is 2.55.